The second-order valence-electron chi connectivity index (χ2n) is 3.26. The fraction of sp³-hybridized carbons (Fsp3) is 0.600. The van der Waals surface area contributed by atoms with Gasteiger partial charge in [0.25, 0.3) is 0 Å². The summed E-state index contributed by atoms with van der Waals surface area (Å²) in [6, 6.07) is -0.393. The fourth-order valence-corrected chi connectivity index (χ4v) is 1.17. The summed E-state index contributed by atoms with van der Waals surface area (Å²) >= 11 is 5.38. The Hall–Kier alpha value is -1.03. The Bertz CT molecular complexity index is 254. The molecule has 0 aromatic rings. The lowest BCUT2D eigenvalue weighted by Crippen LogP contribution is -2.43. The molecular formula is C10H17ClN2O2. The number of amides is 3. The number of rotatable bonds is 5. The molecule has 0 aromatic carbocycles. The number of imide groups is 1. The van der Waals surface area contributed by atoms with Gasteiger partial charge in [0, 0.05) is 25.4 Å². The molecule has 0 bridgehead atoms. The molecule has 0 saturated heterocycles. The maximum Gasteiger partial charge on any atom is 0.324 e. The van der Waals surface area contributed by atoms with E-state index < -0.39 is 6.03 Å². The van der Waals surface area contributed by atoms with E-state index in [0.29, 0.717) is 13.1 Å². The minimum atomic E-state index is -0.393. The first-order valence-electron chi connectivity index (χ1n) is 4.80. The van der Waals surface area contributed by atoms with E-state index in [4.69, 9.17) is 11.6 Å². The van der Waals surface area contributed by atoms with Crippen LogP contribution in [-0.4, -0.2) is 35.8 Å². The Morgan fingerprint density at radius 3 is 2.47 bits per heavy atom. The van der Waals surface area contributed by atoms with Gasteiger partial charge in [-0.15, -0.1) is 11.6 Å². The van der Waals surface area contributed by atoms with E-state index in [1.54, 1.807) is 0 Å². The molecule has 0 aliphatic rings. The van der Waals surface area contributed by atoms with Gasteiger partial charge in [-0.05, 0) is 13.8 Å². The Morgan fingerprint density at radius 1 is 1.47 bits per heavy atom. The molecule has 0 aliphatic heterocycles. The van der Waals surface area contributed by atoms with Crippen LogP contribution in [0.1, 0.15) is 20.3 Å². The molecule has 0 radical (unpaired) electrons. The second-order valence-corrected chi connectivity index (χ2v) is 3.64. The first-order valence-corrected chi connectivity index (χ1v) is 5.33. The lowest BCUT2D eigenvalue weighted by atomic mass is 10.3. The SMILES string of the molecule is C=C(C)CN(CC)C(=O)NC(=O)CCCl. The molecule has 0 fully saturated rings. The van der Waals surface area contributed by atoms with Crippen LogP contribution in [-0.2, 0) is 4.79 Å². The van der Waals surface area contributed by atoms with Gasteiger partial charge in [-0.1, -0.05) is 12.2 Å². The summed E-state index contributed by atoms with van der Waals surface area (Å²) in [5.41, 5.74) is 0.872. The highest BCUT2D eigenvalue weighted by atomic mass is 35.5. The molecule has 0 unspecified atom stereocenters. The van der Waals surface area contributed by atoms with Crippen LogP contribution in [0.4, 0.5) is 4.79 Å². The Kier molecular flexibility index (Phi) is 6.79. The average Bonchev–Trinajstić information content (AvgIpc) is 2.13. The lowest BCUT2D eigenvalue weighted by Gasteiger charge is -2.20. The van der Waals surface area contributed by atoms with Crippen LogP contribution >= 0.6 is 11.6 Å². The number of hydrogen-bond acceptors (Lipinski definition) is 2. The minimum Gasteiger partial charge on any atom is -0.321 e. The van der Waals surface area contributed by atoms with Gasteiger partial charge in [0.2, 0.25) is 5.91 Å². The highest BCUT2D eigenvalue weighted by molar-refractivity contribution is 6.19. The molecule has 1 N–H and O–H groups in total. The van der Waals surface area contributed by atoms with Crippen LogP contribution in [0.15, 0.2) is 12.2 Å². The minimum absolute atomic E-state index is 0.151. The quantitative estimate of drug-likeness (QED) is 0.580. The van der Waals surface area contributed by atoms with Crippen molar-refractivity contribution in [3.63, 3.8) is 0 Å². The molecule has 5 heteroatoms. The van der Waals surface area contributed by atoms with Gasteiger partial charge < -0.3 is 4.90 Å². The van der Waals surface area contributed by atoms with Gasteiger partial charge in [-0.25, -0.2) is 4.79 Å². The molecule has 0 saturated carbocycles. The number of carbonyl (C=O) groups is 2. The maximum atomic E-state index is 11.5. The number of nitrogens with zero attached hydrogens (tertiary/aromatic N) is 1. The Morgan fingerprint density at radius 2 is 2.07 bits per heavy atom. The number of likely N-dealkylation sites (N-methyl/N-ethyl adjacent to an activating group) is 1. The smallest absolute Gasteiger partial charge is 0.321 e. The van der Waals surface area contributed by atoms with E-state index in [1.165, 1.54) is 4.90 Å². The van der Waals surface area contributed by atoms with Crippen molar-refractivity contribution in [2.24, 2.45) is 0 Å². The number of halogens is 1. The van der Waals surface area contributed by atoms with E-state index in [0.717, 1.165) is 5.57 Å². The van der Waals surface area contributed by atoms with Crippen molar-refractivity contribution in [1.29, 1.82) is 0 Å². The largest absolute Gasteiger partial charge is 0.324 e. The van der Waals surface area contributed by atoms with Gasteiger partial charge in [0.1, 0.15) is 0 Å². The zero-order chi connectivity index (χ0) is 11.8. The monoisotopic (exact) mass is 232 g/mol. The summed E-state index contributed by atoms with van der Waals surface area (Å²) < 4.78 is 0. The van der Waals surface area contributed by atoms with Crippen LogP contribution in [0, 0.1) is 0 Å². The highest BCUT2D eigenvalue weighted by Gasteiger charge is 2.13. The van der Waals surface area contributed by atoms with Crippen LogP contribution < -0.4 is 5.32 Å². The van der Waals surface area contributed by atoms with Crippen LogP contribution in [0.5, 0.6) is 0 Å². The van der Waals surface area contributed by atoms with Crippen LogP contribution in [0.3, 0.4) is 0 Å². The van der Waals surface area contributed by atoms with Crippen LogP contribution in [0.2, 0.25) is 0 Å². The van der Waals surface area contributed by atoms with Gasteiger partial charge in [-0.2, -0.15) is 0 Å². The molecular weight excluding hydrogens is 216 g/mol. The maximum absolute atomic E-state index is 11.5. The number of carbonyl (C=O) groups excluding carboxylic acids is 2. The van der Waals surface area contributed by atoms with Crippen molar-refractivity contribution in [2.45, 2.75) is 20.3 Å². The second kappa shape index (κ2) is 7.29. The highest BCUT2D eigenvalue weighted by Crippen LogP contribution is 1.96. The first kappa shape index (κ1) is 14.0. The fourth-order valence-electron chi connectivity index (χ4n) is 1.000. The van der Waals surface area contributed by atoms with E-state index >= 15 is 0 Å². The van der Waals surface area contributed by atoms with E-state index in [2.05, 4.69) is 11.9 Å². The Balaban J connectivity index is 4.15. The average molecular weight is 233 g/mol. The summed E-state index contributed by atoms with van der Waals surface area (Å²) in [6.45, 7) is 8.37. The predicted molar refractivity (Wildman–Crippen MR) is 60.9 cm³/mol. The van der Waals surface area contributed by atoms with Crippen molar-refractivity contribution < 1.29 is 9.59 Å². The normalized spacial score (nSPS) is 9.53. The summed E-state index contributed by atoms with van der Waals surface area (Å²) in [4.78, 5) is 24.1. The van der Waals surface area contributed by atoms with Crippen molar-refractivity contribution in [1.82, 2.24) is 10.2 Å². The molecule has 0 heterocycles. The molecule has 0 spiro atoms. The standard InChI is InChI=1S/C10H17ClN2O2/c1-4-13(7-8(2)3)10(15)12-9(14)5-6-11/h2,4-7H2,1,3H3,(H,12,14,15). The first-order chi connectivity index (χ1) is 7.01. The third-order valence-electron chi connectivity index (χ3n) is 1.70. The van der Waals surface area contributed by atoms with E-state index in [9.17, 15) is 9.59 Å². The third-order valence-corrected chi connectivity index (χ3v) is 1.89. The Labute approximate surface area is 95.3 Å². The van der Waals surface area contributed by atoms with Crippen LogP contribution in [0.25, 0.3) is 0 Å². The molecule has 3 amide bonds. The predicted octanol–water partition coefficient (Wildman–Crippen LogP) is 1.75. The topological polar surface area (TPSA) is 49.4 Å². The number of hydrogen-bond donors (Lipinski definition) is 1. The van der Waals surface area contributed by atoms with Crippen molar-refractivity contribution in [3.8, 4) is 0 Å². The van der Waals surface area contributed by atoms with Gasteiger partial charge in [-0.3, -0.25) is 10.1 Å². The molecule has 86 valence electrons. The third kappa shape index (κ3) is 6.12. The van der Waals surface area contributed by atoms with Gasteiger partial charge in [0.15, 0.2) is 0 Å². The van der Waals surface area contributed by atoms with Crippen molar-refractivity contribution >= 4 is 23.5 Å². The zero-order valence-corrected chi connectivity index (χ0v) is 9.93. The lowest BCUT2D eigenvalue weighted by molar-refractivity contribution is -0.119. The summed E-state index contributed by atoms with van der Waals surface area (Å²) in [7, 11) is 0. The molecule has 0 rings (SSSR count). The molecule has 15 heavy (non-hydrogen) atoms. The molecule has 0 atom stereocenters. The summed E-state index contributed by atoms with van der Waals surface area (Å²) in [6.07, 6.45) is 0.151. The molecule has 4 nitrogen and oxygen atoms in total. The van der Waals surface area contributed by atoms with E-state index in [-0.39, 0.29) is 18.2 Å². The zero-order valence-electron chi connectivity index (χ0n) is 9.18. The van der Waals surface area contributed by atoms with Crippen molar-refractivity contribution in [3.05, 3.63) is 12.2 Å². The summed E-state index contributed by atoms with van der Waals surface area (Å²) in [5.74, 6) is -0.138. The number of urea groups is 1. The molecule has 0 aliphatic carbocycles. The van der Waals surface area contributed by atoms with Crippen molar-refractivity contribution in [2.75, 3.05) is 19.0 Å². The van der Waals surface area contributed by atoms with E-state index in [1.807, 2.05) is 13.8 Å². The molecule has 0 aromatic heterocycles. The number of nitrogens with one attached hydrogen (secondary N) is 1. The summed E-state index contributed by atoms with van der Waals surface area (Å²) in [5, 5.41) is 2.26. The van der Waals surface area contributed by atoms with Gasteiger partial charge >= 0.3 is 6.03 Å². The number of alkyl halides is 1. The van der Waals surface area contributed by atoms with Gasteiger partial charge in [0.05, 0.1) is 0 Å².